The Morgan fingerprint density at radius 1 is 1.25 bits per heavy atom. The quantitative estimate of drug-likeness (QED) is 0.709. The van der Waals surface area contributed by atoms with Gasteiger partial charge in [-0.25, -0.2) is 4.79 Å². The second kappa shape index (κ2) is 6.35. The van der Waals surface area contributed by atoms with Crippen LogP contribution in [0, 0.1) is 5.92 Å². The molecule has 2 N–H and O–H groups in total. The molecule has 0 bridgehead atoms. The Labute approximate surface area is 95.9 Å². The van der Waals surface area contributed by atoms with Crippen LogP contribution in [0.15, 0.2) is 0 Å². The standard InChI is InChI=1S/C11H20N2O3/c1-3-12-11(15)13-9-6-4-8(5-7-9)10(14)16-2/h8-9H,3-7H2,1-2H3,(H2,12,13,15). The van der Waals surface area contributed by atoms with Gasteiger partial charge in [0.25, 0.3) is 0 Å². The van der Waals surface area contributed by atoms with Gasteiger partial charge in [-0.2, -0.15) is 0 Å². The van der Waals surface area contributed by atoms with E-state index in [1.165, 1.54) is 7.11 Å². The Morgan fingerprint density at radius 2 is 1.88 bits per heavy atom. The van der Waals surface area contributed by atoms with Gasteiger partial charge in [-0.05, 0) is 32.6 Å². The van der Waals surface area contributed by atoms with E-state index in [1.807, 2.05) is 6.92 Å². The van der Waals surface area contributed by atoms with E-state index in [9.17, 15) is 9.59 Å². The lowest BCUT2D eigenvalue weighted by Crippen LogP contribution is -2.44. The van der Waals surface area contributed by atoms with Crippen LogP contribution in [0.2, 0.25) is 0 Å². The van der Waals surface area contributed by atoms with E-state index in [1.54, 1.807) is 0 Å². The van der Waals surface area contributed by atoms with Crippen molar-refractivity contribution in [3.05, 3.63) is 0 Å². The third-order valence-corrected chi connectivity index (χ3v) is 2.93. The third-order valence-electron chi connectivity index (χ3n) is 2.93. The molecule has 0 heterocycles. The molecule has 1 fully saturated rings. The van der Waals surface area contributed by atoms with Crippen molar-refractivity contribution in [3.8, 4) is 0 Å². The summed E-state index contributed by atoms with van der Waals surface area (Å²) in [6.07, 6.45) is 3.28. The van der Waals surface area contributed by atoms with Crippen molar-refractivity contribution in [3.63, 3.8) is 0 Å². The summed E-state index contributed by atoms with van der Waals surface area (Å²) < 4.78 is 4.71. The highest BCUT2D eigenvalue weighted by Gasteiger charge is 2.27. The Bertz CT molecular complexity index is 248. The van der Waals surface area contributed by atoms with E-state index in [2.05, 4.69) is 10.6 Å². The molecule has 1 aliphatic rings. The largest absolute Gasteiger partial charge is 0.469 e. The number of rotatable bonds is 3. The SMILES string of the molecule is CCNC(=O)NC1CCC(C(=O)OC)CC1. The monoisotopic (exact) mass is 228 g/mol. The first-order valence-electron chi connectivity index (χ1n) is 5.79. The summed E-state index contributed by atoms with van der Waals surface area (Å²) in [4.78, 5) is 22.5. The van der Waals surface area contributed by atoms with Gasteiger partial charge in [0.2, 0.25) is 0 Å². The van der Waals surface area contributed by atoms with Crippen LogP contribution in [0.4, 0.5) is 4.79 Å². The lowest BCUT2D eigenvalue weighted by atomic mass is 9.86. The molecule has 0 unspecified atom stereocenters. The number of carbonyl (C=O) groups excluding carboxylic acids is 2. The minimum atomic E-state index is -0.128. The zero-order chi connectivity index (χ0) is 12.0. The molecule has 0 spiro atoms. The second-order valence-corrected chi connectivity index (χ2v) is 4.08. The molecule has 0 aromatic rings. The maximum absolute atomic E-state index is 11.3. The molecule has 1 saturated carbocycles. The molecular weight excluding hydrogens is 208 g/mol. The van der Waals surface area contributed by atoms with Gasteiger partial charge in [0.15, 0.2) is 0 Å². The van der Waals surface area contributed by atoms with Crippen molar-refractivity contribution in [2.24, 2.45) is 5.92 Å². The van der Waals surface area contributed by atoms with Crippen LogP contribution in [-0.2, 0) is 9.53 Å². The molecule has 0 atom stereocenters. The van der Waals surface area contributed by atoms with Crippen LogP contribution >= 0.6 is 0 Å². The minimum absolute atomic E-state index is 0.0114. The first-order chi connectivity index (χ1) is 7.67. The summed E-state index contributed by atoms with van der Waals surface area (Å²) in [5.41, 5.74) is 0. The van der Waals surface area contributed by atoms with Crippen molar-refractivity contribution < 1.29 is 14.3 Å². The first-order valence-corrected chi connectivity index (χ1v) is 5.79. The topological polar surface area (TPSA) is 67.4 Å². The molecule has 5 heteroatoms. The van der Waals surface area contributed by atoms with Crippen LogP contribution < -0.4 is 10.6 Å². The molecule has 0 aromatic carbocycles. The van der Waals surface area contributed by atoms with Gasteiger partial charge >= 0.3 is 12.0 Å². The number of urea groups is 1. The molecule has 1 rings (SSSR count). The number of methoxy groups -OCH3 is 1. The zero-order valence-electron chi connectivity index (χ0n) is 9.91. The Kier molecular flexibility index (Phi) is 5.08. The molecule has 0 radical (unpaired) electrons. The molecule has 0 saturated heterocycles. The number of hydrogen-bond acceptors (Lipinski definition) is 3. The van der Waals surface area contributed by atoms with Crippen molar-refractivity contribution in [2.45, 2.75) is 38.6 Å². The average molecular weight is 228 g/mol. The van der Waals surface area contributed by atoms with Crippen LogP contribution in [0.5, 0.6) is 0 Å². The summed E-state index contributed by atoms with van der Waals surface area (Å²) in [5.74, 6) is -0.117. The maximum atomic E-state index is 11.3. The van der Waals surface area contributed by atoms with Gasteiger partial charge in [-0.15, -0.1) is 0 Å². The number of carbonyl (C=O) groups is 2. The van der Waals surface area contributed by atoms with E-state index in [-0.39, 0.29) is 24.0 Å². The average Bonchev–Trinajstić information content (AvgIpc) is 2.29. The molecule has 0 aromatic heterocycles. The summed E-state index contributed by atoms with van der Waals surface area (Å²) >= 11 is 0. The van der Waals surface area contributed by atoms with Crippen LogP contribution in [0.1, 0.15) is 32.6 Å². The van der Waals surface area contributed by atoms with Gasteiger partial charge < -0.3 is 15.4 Å². The van der Waals surface area contributed by atoms with E-state index >= 15 is 0 Å². The number of hydrogen-bond donors (Lipinski definition) is 2. The lowest BCUT2D eigenvalue weighted by Gasteiger charge is -2.27. The van der Waals surface area contributed by atoms with Crippen LogP contribution in [-0.4, -0.2) is 31.7 Å². The zero-order valence-corrected chi connectivity index (χ0v) is 9.91. The van der Waals surface area contributed by atoms with Gasteiger partial charge in [0.05, 0.1) is 13.0 Å². The summed E-state index contributed by atoms with van der Waals surface area (Å²) in [6, 6.07) is 0.0662. The number of esters is 1. The second-order valence-electron chi connectivity index (χ2n) is 4.08. The maximum Gasteiger partial charge on any atom is 0.314 e. The smallest absolute Gasteiger partial charge is 0.314 e. The van der Waals surface area contributed by atoms with Crippen molar-refractivity contribution in [2.75, 3.05) is 13.7 Å². The lowest BCUT2D eigenvalue weighted by molar-refractivity contribution is -0.146. The fraction of sp³-hybridized carbons (Fsp3) is 0.818. The number of ether oxygens (including phenoxy) is 1. The van der Waals surface area contributed by atoms with Gasteiger partial charge in [-0.3, -0.25) is 4.79 Å². The molecule has 5 nitrogen and oxygen atoms in total. The Morgan fingerprint density at radius 3 is 2.38 bits per heavy atom. The molecule has 16 heavy (non-hydrogen) atoms. The van der Waals surface area contributed by atoms with Crippen LogP contribution in [0.25, 0.3) is 0 Å². The Hall–Kier alpha value is -1.26. The highest BCUT2D eigenvalue weighted by molar-refractivity contribution is 5.74. The highest BCUT2D eigenvalue weighted by atomic mass is 16.5. The van der Waals surface area contributed by atoms with E-state index in [4.69, 9.17) is 4.74 Å². The van der Waals surface area contributed by atoms with E-state index in [0.717, 1.165) is 25.7 Å². The van der Waals surface area contributed by atoms with Gasteiger partial charge in [0, 0.05) is 12.6 Å². The summed E-state index contributed by atoms with van der Waals surface area (Å²) in [6.45, 7) is 2.51. The van der Waals surface area contributed by atoms with Gasteiger partial charge in [0.1, 0.15) is 0 Å². The summed E-state index contributed by atoms with van der Waals surface area (Å²) in [5, 5.41) is 5.59. The molecule has 1 aliphatic carbocycles. The highest BCUT2D eigenvalue weighted by Crippen LogP contribution is 2.25. The van der Waals surface area contributed by atoms with Gasteiger partial charge in [-0.1, -0.05) is 0 Å². The molecular formula is C11H20N2O3. The van der Waals surface area contributed by atoms with E-state index in [0.29, 0.717) is 6.54 Å². The van der Waals surface area contributed by atoms with Crippen molar-refractivity contribution >= 4 is 12.0 Å². The molecule has 92 valence electrons. The van der Waals surface area contributed by atoms with Crippen molar-refractivity contribution in [1.82, 2.24) is 10.6 Å². The minimum Gasteiger partial charge on any atom is -0.469 e. The molecule has 2 amide bonds. The van der Waals surface area contributed by atoms with E-state index < -0.39 is 0 Å². The predicted octanol–water partition coefficient (Wildman–Crippen LogP) is 1.04. The predicted molar refractivity (Wildman–Crippen MR) is 60.0 cm³/mol. The molecule has 0 aliphatic heterocycles. The normalized spacial score (nSPS) is 24.6. The third kappa shape index (κ3) is 3.72. The number of nitrogens with one attached hydrogen (secondary N) is 2. The fourth-order valence-electron chi connectivity index (χ4n) is 2.04. The first kappa shape index (κ1) is 12.8. The summed E-state index contributed by atoms with van der Waals surface area (Å²) in [7, 11) is 1.42. The fourth-order valence-corrected chi connectivity index (χ4v) is 2.04. The Balaban J connectivity index is 2.26. The van der Waals surface area contributed by atoms with Crippen LogP contribution in [0.3, 0.4) is 0 Å². The number of amides is 2. The van der Waals surface area contributed by atoms with Crippen molar-refractivity contribution in [1.29, 1.82) is 0 Å².